The topological polar surface area (TPSA) is 147 Å². The van der Waals surface area contributed by atoms with Crippen molar-refractivity contribution < 1.29 is 23.1 Å². The molecular weight excluding hydrogens is 562 g/mol. The number of ketones is 1. The number of nitrogens with zero attached hydrogens (tertiary/aromatic N) is 9. The number of alkyl halides is 2. The van der Waals surface area contributed by atoms with Crippen LogP contribution in [0.5, 0.6) is 0 Å². The molecule has 2 aromatic rings. The van der Waals surface area contributed by atoms with Gasteiger partial charge >= 0.3 is 0 Å². The molecule has 3 saturated heterocycles. The number of rotatable bonds is 10. The largest absolute Gasteiger partial charge is 0.378 e. The molecule has 0 bridgehead atoms. The molecule has 0 saturated carbocycles. The van der Waals surface area contributed by atoms with Gasteiger partial charge in [0.2, 0.25) is 23.8 Å². The zero-order valence-electron chi connectivity index (χ0n) is 24.6. The maximum atomic E-state index is 13.9. The second-order valence-corrected chi connectivity index (χ2v) is 11.3. The molecule has 2 N–H and O–H groups in total. The fraction of sp³-hybridized carbons (Fsp3) is 0.607. The van der Waals surface area contributed by atoms with Crippen LogP contribution >= 0.6 is 0 Å². The van der Waals surface area contributed by atoms with E-state index < -0.39 is 12.1 Å². The van der Waals surface area contributed by atoms with Gasteiger partial charge in [0.25, 0.3) is 6.43 Å². The fourth-order valence-electron chi connectivity index (χ4n) is 5.44. The van der Waals surface area contributed by atoms with E-state index in [-0.39, 0.29) is 41.9 Å². The van der Waals surface area contributed by atoms with E-state index in [0.717, 1.165) is 25.2 Å². The average molecular weight is 601 g/mol. The predicted octanol–water partition coefficient (Wildman–Crippen LogP) is 1.58. The van der Waals surface area contributed by atoms with Crippen LogP contribution in [0.1, 0.15) is 38.8 Å². The van der Waals surface area contributed by atoms with Gasteiger partial charge in [-0.1, -0.05) is 5.57 Å². The minimum Gasteiger partial charge on any atom is -0.378 e. The zero-order chi connectivity index (χ0) is 30.5. The van der Waals surface area contributed by atoms with Gasteiger partial charge < -0.3 is 25.2 Å². The lowest BCUT2D eigenvalue weighted by Crippen LogP contribution is -2.56. The van der Waals surface area contributed by atoms with Gasteiger partial charge in [-0.15, -0.1) is 0 Å². The first kappa shape index (κ1) is 30.6. The van der Waals surface area contributed by atoms with Gasteiger partial charge in [-0.25, -0.2) is 18.7 Å². The number of anilines is 3. The average Bonchev–Trinajstić information content (AvgIpc) is 2.97. The highest BCUT2D eigenvalue weighted by molar-refractivity contribution is 5.93. The van der Waals surface area contributed by atoms with Crippen LogP contribution in [0.2, 0.25) is 0 Å². The molecule has 0 unspecified atom stereocenters. The van der Waals surface area contributed by atoms with Crippen molar-refractivity contribution in [1.82, 2.24) is 34.7 Å². The Hall–Kier alpha value is -3.85. The summed E-state index contributed by atoms with van der Waals surface area (Å²) < 4.78 is 33.2. The summed E-state index contributed by atoms with van der Waals surface area (Å²) in [4.78, 5) is 54.0. The van der Waals surface area contributed by atoms with Crippen LogP contribution in [0.25, 0.3) is 11.4 Å². The SMILES string of the molecule is CC(C)=CC(=O)CCC(=O)N1CC(CN2CCN(c3nc(-c4cnc(N)nc4C(F)F)nc(N4CCOCC4)n3)CC2)C1. The molecule has 5 rings (SSSR count). The minimum absolute atomic E-state index is 0.0121. The number of likely N-dealkylation sites (tertiary alicyclic amines) is 1. The number of hydrogen-bond donors (Lipinski definition) is 1. The highest BCUT2D eigenvalue weighted by Gasteiger charge is 2.33. The summed E-state index contributed by atoms with van der Waals surface area (Å²) in [6, 6.07) is 0. The van der Waals surface area contributed by atoms with Crippen molar-refractivity contribution in [1.29, 1.82) is 0 Å². The summed E-state index contributed by atoms with van der Waals surface area (Å²) in [5.74, 6) is 1.04. The first-order valence-corrected chi connectivity index (χ1v) is 14.6. The van der Waals surface area contributed by atoms with Crippen LogP contribution in [0.15, 0.2) is 17.8 Å². The van der Waals surface area contributed by atoms with E-state index >= 15 is 0 Å². The standard InChI is InChI=1S/C28H38F2N10O3/c1-18(2)13-20(41)3-4-22(42)40-16-19(17-40)15-37-5-7-38(8-6-37)27-34-25(21-14-32-26(31)33-23(21)24(29)30)35-28(36-27)39-9-11-43-12-10-39/h13-14,19,24H,3-12,15-17H2,1-2H3,(H2,31,32,33). The van der Waals surface area contributed by atoms with Crippen molar-refractivity contribution in [2.75, 3.05) is 87.7 Å². The number of piperazine rings is 1. The van der Waals surface area contributed by atoms with Gasteiger partial charge in [-0.05, 0) is 19.9 Å². The quantitative estimate of drug-likeness (QED) is 0.395. The summed E-state index contributed by atoms with van der Waals surface area (Å²) in [7, 11) is 0. The minimum atomic E-state index is -2.88. The van der Waals surface area contributed by atoms with E-state index in [1.807, 2.05) is 28.5 Å². The number of carbonyl (C=O) groups is 2. The zero-order valence-corrected chi connectivity index (χ0v) is 24.6. The normalized spacial score (nSPS) is 18.1. The van der Waals surface area contributed by atoms with Gasteiger partial charge in [-0.2, -0.15) is 15.0 Å². The lowest BCUT2D eigenvalue weighted by Gasteiger charge is -2.43. The molecule has 5 heterocycles. The van der Waals surface area contributed by atoms with Gasteiger partial charge in [0.15, 0.2) is 11.6 Å². The molecule has 0 atom stereocenters. The summed E-state index contributed by atoms with van der Waals surface area (Å²) in [6.07, 6.45) is 0.431. The third-order valence-corrected chi connectivity index (χ3v) is 7.71. The molecular formula is C28H38F2N10O3. The second-order valence-electron chi connectivity index (χ2n) is 11.3. The molecule has 0 radical (unpaired) electrons. The number of allylic oxidation sites excluding steroid dienone is 2. The van der Waals surface area contributed by atoms with Crippen molar-refractivity contribution >= 4 is 29.5 Å². The van der Waals surface area contributed by atoms with Gasteiger partial charge in [0, 0.05) is 83.9 Å². The van der Waals surface area contributed by atoms with Crippen molar-refractivity contribution in [2.24, 2.45) is 5.92 Å². The molecule has 1 amide bonds. The van der Waals surface area contributed by atoms with Crippen LogP contribution < -0.4 is 15.5 Å². The Balaban J connectivity index is 1.20. The number of halogens is 2. The number of nitrogen functional groups attached to an aromatic ring is 1. The van der Waals surface area contributed by atoms with Crippen molar-refractivity contribution in [3.8, 4) is 11.4 Å². The van der Waals surface area contributed by atoms with Gasteiger partial charge in [0.05, 0.1) is 18.8 Å². The Morgan fingerprint density at radius 1 is 0.977 bits per heavy atom. The molecule has 3 fully saturated rings. The smallest absolute Gasteiger partial charge is 0.281 e. The summed E-state index contributed by atoms with van der Waals surface area (Å²) in [6.45, 7) is 11.0. The molecule has 232 valence electrons. The second kappa shape index (κ2) is 13.6. The van der Waals surface area contributed by atoms with Crippen LogP contribution in [-0.2, 0) is 14.3 Å². The molecule has 43 heavy (non-hydrogen) atoms. The van der Waals surface area contributed by atoms with Gasteiger partial charge in [-0.3, -0.25) is 14.5 Å². The monoisotopic (exact) mass is 600 g/mol. The third kappa shape index (κ3) is 7.76. The van der Waals surface area contributed by atoms with Crippen LogP contribution in [-0.4, -0.2) is 119 Å². The molecule has 3 aliphatic heterocycles. The fourth-order valence-corrected chi connectivity index (χ4v) is 5.44. The Morgan fingerprint density at radius 2 is 1.63 bits per heavy atom. The van der Waals surface area contributed by atoms with Crippen molar-refractivity contribution in [3.63, 3.8) is 0 Å². The Morgan fingerprint density at radius 3 is 2.26 bits per heavy atom. The van der Waals surface area contributed by atoms with E-state index in [1.54, 1.807) is 6.08 Å². The maximum absolute atomic E-state index is 13.9. The summed E-state index contributed by atoms with van der Waals surface area (Å²) >= 11 is 0. The Kier molecular flexibility index (Phi) is 9.70. The van der Waals surface area contributed by atoms with Gasteiger partial charge in [0.1, 0.15) is 5.69 Å². The number of hydrogen-bond acceptors (Lipinski definition) is 12. The van der Waals surface area contributed by atoms with Crippen LogP contribution in [0.3, 0.4) is 0 Å². The molecule has 15 heteroatoms. The first-order chi connectivity index (χ1) is 20.7. The summed E-state index contributed by atoms with van der Waals surface area (Å²) in [5.41, 5.74) is 6.02. The Bertz CT molecular complexity index is 1340. The molecule has 0 aromatic carbocycles. The lowest BCUT2D eigenvalue weighted by atomic mass is 9.98. The molecule has 13 nitrogen and oxygen atoms in total. The van der Waals surface area contributed by atoms with Crippen LogP contribution in [0, 0.1) is 5.92 Å². The van der Waals surface area contributed by atoms with Crippen molar-refractivity contribution in [3.05, 3.63) is 23.5 Å². The number of aromatic nitrogens is 5. The molecule has 2 aromatic heterocycles. The molecule has 3 aliphatic rings. The van der Waals surface area contributed by atoms with E-state index in [9.17, 15) is 18.4 Å². The number of ether oxygens (including phenoxy) is 1. The molecule has 0 aliphatic carbocycles. The van der Waals surface area contributed by atoms with E-state index in [2.05, 4.69) is 24.8 Å². The highest BCUT2D eigenvalue weighted by Crippen LogP contribution is 2.30. The van der Waals surface area contributed by atoms with E-state index in [0.29, 0.717) is 70.3 Å². The number of morpholine rings is 1. The molecule has 0 spiro atoms. The number of amides is 1. The van der Waals surface area contributed by atoms with Crippen LogP contribution in [0.4, 0.5) is 26.6 Å². The third-order valence-electron chi connectivity index (χ3n) is 7.71. The van der Waals surface area contributed by atoms with E-state index in [1.165, 1.54) is 6.20 Å². The van der Waals surface area contributed by atoms with Crippen molar-refractivity contribution in [2.45, 2.75) is 33.1 Å². The predicted molar refractivity (Wildman–Crippen MR) is 156 cm³/mol. The first-order valence-electron chi connectivity index (χ1n) is 14.6. The summed E-state index contributed by atoms with van der Waals surface area (Å²) in [5, 5.41) is 0. The Labute approximate surface area is 249 Å². The maximum Gasteiger partial charge on any atom is 0.281 e. The highest BCUT2D eigenvalue weighted by atomic mass is 19.3. The lowest BCUT2D eigenvalue weighted by molar-refractivity contribution is -0.139. The number of carbonyl (C=O) groups excluding carboxylic acids is 2. The van der Waals surface area contributed by atoms with E-state index in [4.69, 9.17) is 15.5 Å². The number of nitrogens with two attached hydrogens (primary N) is 1.